The van der Waals surface area contributed by atoms with E-state index in [0.29, 0.717) is 50.8 Å². The van der Waals surface area contributed by atoms with Crippen LogP contribution in [0.1, 0.15) is 27.2 Å². The van der Waals surface area contributed by atoms with Gasteiger partial charge in [0, 0.05) is 23.2 Å². The van der Waals surface area contributed by atoms with Crippen molar-refractivity contribution in [2.75, 3.05) is 26.6 Å². The van der Waals surface area contributed by atoms with E-state index in [4.69, 9.17) is 18.6 Å². The molecule has 186 valence electrons. The van der Waals surface area contributed by atoms with Crippen molar-refractivity contribution in [2.24, 2.45) is 4.99 Å². The second-order valence-corrected chi connectivity index (χ2v) is 8.04. The molecule has 0 aliphatic rings. The van der Waals surface area contributed by atoms with Gasteiger partial charge in [0.15, 0.2) is 5.58 Å². The van der Waals surface area contributed by atoms with Crippen LogP contribution in [-0.2, 0) is 6.61 Å². The normalized spacial score (nSPS) is 11.4. The summed E-state index contributed by atoms with van der Waals surface area (Å²) in [5.74, 6) is 1.07. The van der Waals surface area contributed by atoms with Crippen molar-refractivity contribution in [2.45, 2.75) is 20.5 Å². The van der Waals surface area contributed by atoms with Crippen molar-refractivity contribution in [3.63, 3.8) is 0 Å². The zero-order chi connectivity index (χ0) is 25.8. The SMILES string of the molecule is COc1ccc(OC)c(N=c2oc3c(C)ncc(CO)c3cc2C(=O)Nc2cc(C)ccc2OC)c1. The molecule has 2 N–H and O–H groups in total. The minimum absolute atomic E-state index is 0.0400. The summed E-state index contributed by atoms with van der Waals surface area (Å²) in [4.78, 5) is 22.5. The highest BCUT2D eigenvalue weighted by Crippen LogP contribution is 2.32. The van der Waals surface area contributed by atoms with Crippen LogP contribution >= 0.6 is 0 Å². The third-order valence-electron chi connectivity index (χ3n) is 5.68. The number of aliphatic hydroxyl groups excluding tert-OH is 1. The minimum Gasteiger partial charge on any atom is -0.497 e. The number of pyridine rings is 1. The summed E-state index contributed by atoms with van der Waals surface area (Å²) in [6, 6.07) is 12.3. The predicted octanol–water partition coefficient (Wildman–Crippen LogP) is 4.45. The lowest BCUT2D eigenvalue weighted by Gasteiger charge is -2.13. The van der Waals surface area contributed by atoms with Crippen molar-refractivity contribution in [1.29, 1.82) is 0 Å². The second kappa shape index (κ2) is 10.5. The summed E-state index contributed by atoms with van der Waals surface area (Å²) in [6.45, 7) is 3.42. The van der Waals surface area contributed by atoms with Crippen molar-refractivity contribution >= 4 is 28.3 Å². The van der Waals surface area contributed by atoms with Gasteiger partial charge in [0.25, 0.3) is 5.91 Å². The Hall–Kier alpha value is -4.37. The molecule has 2 heterocycles. The number of aryl methyl sites for hydroxylation is 2. The molecule has 4 rings (SSSR count). The number of fused-ring (bicyclic) bond motifs is 1. The molecule has 0 bridgehead atoms. The lowest BCUT2D eigenvalue weighted by molar-refractivity contribution is 0.102. The van der Waals surface area contributed by atoms with Gasteiger partial charge in [-0.05, 0) is 49.7 Å². The van der Waals surface area contributed by atoms with Gasteiger partial charge in [-0.3, -0.25) is 9.78 Å². The van der Waals surface area contributed by atoms with Crippen LogP contribution in [0.15, 0.2) is 58.1 Å². The number of anilines is 1. The Kier molecular flexibility index (Phi) is 7.21. The topological polar surface area (TPSA) is 115 Å². The number of amides is 1. The summed E-state index contributed by atoms with van der Waals surface area (Å²) in [7, 11) is 4.61. The maximum absolute atomic E-state index is 13.6. The molecule has 0 spiro atoms. The summed E-state index contributed by atoms with van der Waals surface area (Å²) >= 11 is 0. The number of methoxy groups -OCH3 is 3. The van der Waals surface area contributed by atoms with E-state index >= 15 is 0 Å². The van der Waals surface area contributed by atoms with Crippen LogP contribution in [0, 0.1) is 13.8 Å². The molecular formula is C27H27N3O6. The third kappa shape index (κ3) is 4.87. The maximum atomic E-state index is 13.6. The Bertz CT molecular complexity index is 1510. The van der Waals surface area contributed by atoms with Gasteiger partial charge in [-0.25, -0.2) is 4.99 Å². The Morgan fingerprint density at radius 1 is 1.03 bits per heavy atom. The Balaban J connectivity index is 1.97. The number of ether oxygens (including phenoxy) is 3. The number of carbonyl (C=O) groups is 1. The fourth-order valence-electron chi connectivity index (χ4n) is 3.76. The molecule has 2 aromatic heterocycles. The number of aliphatic hydroxyl groups is 1. The first-order valence-corrected chi connectivity index (χ1v) is 11.1. The molecule has 9 nitrogen and oxygen atoms in total. The van der Waals surface area contributed by atoms with Gasteiger partial charge in [0.2, 0.25) is 5.55 Å². The molecule has 0 unspecified atom stereocenters. The van der Waals surface area contributed by atoms with Crippen LogP contribution in [0.3, 0.4) is 0 Å². The monoisotopic (exact) mass is 489 g/mol. The van der Waals surface area contributed by atoms with E-state index in [1.165, 1.54) is 14.2 Å². The van der Waals surface area contributed by atoms with E-state index in [9.17, 15) is 9.90 Å². The number of benzene rings is 2. The Labute approximate surface area is 208 Å². The van der Waals surface area contributed by atoms with Crippen LogP contribution < -0.4 is 25.1 Å². The molecule has 1 amide bonds. The summed E-state index contributed by atoms with van der Waals surface area (Å²) < 4.78 is 22.3. The zero-order valence-corrected chi connectivity index (χ0v) is 20.7. The van der Waals surface area contributed by atoms with Gasteiger partial charge in [0.1, 0.15) is 28.5 Å². The van der Waals surface area contributed by atoms with Gasteiger partial charge in [0.05, 0.1) is 39.3 Å². The van der Waals surface area contributed by atoms with Crippen molar-refractivity contribution in [3.8, 4) is 17.2 Å². The average molecular weight is 490 g/mol. The molecule has 0 saturated heterocycles. The highest BCUT2D eigenvalue weighted by molar-refractivity contribution is 6.06. The van der Waals surface area contributed by atoms with Gasteiger partial charge >= 0.3 is 0 Å². The van der Waals surface area contributed by atoms with E-state index in [1.807, 2.05) is 19.1 Å². The number of aromatic nitrogens is 1. The fraction of sp³-hybridized carbons (Fsp3) is 0.222. The first-order valence-electron chi connectivity index (χ1n) is 11.1. The molecule has 0 saturated carbocycles. The van der Waals surface area contributed by atoms with E-state index in [2.05, 4.69) is 15.3 Å². The largest absolute Gasteiger partial charge is 0.497 e. The highest BCUT2D eigenvalue weighted by atomic mass is 16.5. The molecule has 0 radical (unpaired) electrons. The van der Waals surface area contributed by atoms with Gasteiger partial charge in [-0.15, -0.1) is 0 Å². The van der Waals surface area contributed by atoms with Crippen LogP contribution in [0.25, 0.3) is 11.0 Å². The molecule has 36 heavy (non-hydrogen) atoms. The van der Waals surface area contributed by atoms with Crippen LogP contribution in [0.2, 0.25) is 0 Å². The molecule has 0 aliphatic carbocycles. The Morgan fingerprint density at radius 2 is 1.78 bits per heavy atom. The fourth-order valence-corrected chi connectivity index (χ4v) is 3.76. The van der Waals surface area contributed by atoms with Gasteiger partial charge in [-0.1, -0.05) is 6.07 Å². The number of carbonyl (C=O) groups excluding carboxylic acids is 1. The maximum Gasteiger partial charge on any atom is 0.261 e. The summed E-state index contributed by atoms with van der Waals surface area (Å²) in [6.07, 6.45) is 1.56. The molecule has 9 heteroatoms. The lowest BCUT2D eigenvalue weighted by Crippen LogP contribution is -2.22. The van der Waals surface area contributed by atoms with Crippen molar-refractivity contribution in [3.05, 3.63) is 76.6 Å². The molecule has 2 aromatic carbocycles. The van der Waals surface area contributed by atoms with E-state index in [-0.39, 0.29) is 17.7 Å². The van der Waals surface area contributed by atoms with Crippen LogP contribution in [-0.4, -0.2) is 37.3 Å². The smallest absolute Gasteiger partial charge is 0.261 e. The zero-order valence-electron chi connectivity index (χ0n) is 20.7. The predicted molar refractivity (Wildman–Crippen MR) is 135 cm³/mol. The highest BCUT2D eigenvalue weighted by Gasteiger charge is 2.18. The first kappa shape index (κ1) is 24.7. The lowest BCUT2D eigenvalue weighted by atomic mass is 10.1. The number of nitrogens with zero attached hydrogens (tertiary/aromatic N) is 2. The van der Waals surface area contributed by atoms with Gasteiger partial charge < -0.3 is 29.1 Å². The number of rotatable bonds is 7. The molecular weight excluding hydrogens is 462 g/mol. The Morgan fingerprint density at radius 3 is 2.47 bits per heavy atom. The molecule has 0 aliphatic heterocycles. The van der Waals surface area contributed by atoms with Crippen LogP contribution in [0.5, 0.6) is 17.2 Å². The van der Waals surface area contributed by atoms with Crippen molar-refractivity contribution < 1.29 is 28.5 Å². The van der Waals surface area contributed by atoms with E-state index in [0.717, 1.165) is 5.56 Å². The van der Waals surface area contributed by atoms with Crippen molar-refractivity contribution in [1.82, 2.24) is 4.98 Å². The summed E-state index contributed by atoms with van der Waals surface area (Å²) in [5, 5.41) is 13.3. The first-order chi connectivity index (χ1) is 17.4. The average Bonchev–Trinajstić information content (AvgIpc) is 2.89. The van der Waals surface area contributed by atoms with E-state index < -0.39 is 5.91 Å². The number of hydrogen-bond donors (Lipinski definition) is 2. The number of nitrogens with one attached hydrogen (secondary N) is 1. The molecule has 0 fully saturated rings. The standard InChI is InChI=1S/C27H27N3O6/c1-15-6-8-23(34-4)21(10-15)29-26(32)20-12-19-17(14-31)13-28-16(2)25(19)36-27(20)30-22-11-18(33-3)7-9-24(22)35-5/h6-13,31H,14H2,1-5H3,(H,29,32). The molecule has 4 aromatic rings. The van der Waals surface area contributed by atoms with Crippen LogP contribution in [0.4, 0.5) is 11.4 Å². The molecule has 0 atom stereocenters. The second-order valence-electron chi connectivity index (χ2n) is 8.04. The quantitative estimate of drug-likeness (QED) is 0.394. The minimum atomic E-state index is -0.469. The van der Waals surface area contributed by atoms with Gasteiger partial charge in [-0.2, -0.15) is 0 Å². The van der Waals surface area contributed by atoms with E-state index in [1.54, 1.807) is 50.6 Å². The third-order valence-corrected chi connectivity index (χ3v) is 5.68. The summed E-state index contributed by atoms with van der Waals surface area (Å²) in [5.41, 5.74) is 3.56. The number of hydrogen-bond acceptors (Lipinski definition) is 8.